The fraction of sp³-hybridized carbons (Fsp3) is 1.00. The molecule has 1 rings (SSSR count). The molecule has 1 heterocycles. The van der Waals surface area contributed by atoms with Crippen molar-refractivity contribution in [2.75, 3.05) is 19.7 Å². The Bertz CT molecular complexity index is 190. The highest BCUT2D eigenvalue weighted by Crippen LogP contribution is 2.12. The third-order valence-corrected chi connectivity index (χ3v) is 4.34. The molecule has 0 atom stereocenters. The summed E-state index contributed by atoms with van der Waals surface area (Å²) in [5, 5.41) is 2.15. The van der Waals surface area contributed by atoms with E-state index in [9.17, 15) is 0 Å². The van der Waals surface area contributed by atoms with Crippen LogP contribution in [0.5, 0.6) is 0 Å². The molecular formula is C18H37NO. The van der Waals surface area contributed by atoms with Gasteiger partial charge in [0, 0.05) is 13.1 Å². The van der Waals surface area contributed by atoms with Crippen molar-refractivity contribution in [1.29, 1.82) is 0 Å². The van der Waals surface area contributed by atoms with Gasteiger partial charge in [-0.1, -0.05) is 77.6 Å². The standard InChI is InChI=1S/C18H37NO/c1-2-3-4-5-6-7-8-9-10-11-12-15-18-20-19-16-13-14-17-19/h2-18H2,1H3. The average molecular weight is 284 g/mol. The molecule has 1 aliphatic heterocycles. The number of rotatable bonds is 14. The molecule has 0 unspecified atom stereocenters. The average Bonchev–Trinajstić information content (AvgIpc) is 2.97. The van der Waals surface area contributed by atoms with Crippen molar-refractivity contribution in [1.82, 2.24) is 5.06 Å². The molecule has 0 N–H and O–H groups in total. The molecule has 20 heavy (non-hydrogen) atoms. The SMILES string of the molecule is CCCCCCCCCCCCCCON1CCCC1. The van der Waals surface area contributed by atoms with Crippen LogP contribution < -0.4 is 0 Å². The molecule has 1 aliphatic rings. The first kappa shape index (κ1) is 18.0. The summed E-state index contributed by atoms with van der Waals surface area (Å²) in [4.78, 5) is 5.73. The zero-order valence-electron chi connectivity index (χ0n) is 13.9. The summed E-state index contributed by atoms with van der Waals surface area (Å²) in [6.07, 6.45) is 19.6. The molecule has 0 spiro atoms. The van der Waals surface area contributed by atoms with Crippen LogP contribution in [0.15, 0.2) is 0 Å². The minimum Gasteiger partial charge on any atom is -0.299 e. The Morgan fingerprint density at radius 1 is 0.650 bits per heavy atom. The van der Waals surface area contributed by atoms with Crippen LogP contribution in [-0.4, -0.2) is 24.8 Å². The van der Waals surface area contributed by atoms with E-state index in [0.717, 1.165) is 19.7 Å². The monoisotopic (exact) mass is 283 g/mol. The highest BCUT2D eigenvalue weighted by atomic mass is 16.7. The van der Waals surface area contributed by atoms with Gasteiger partial charge in [-0.2, -0.15) is 5.06 Å². The molecule has 0 amide bonds. The Balaban J connectivity index is 1.66. The van der Waals surface area contributed by atoms with Crippen molar-refractivity contribution in [2.45, 2.75) is 96.8 Å². The van der Waals surface area contributed by atoms with E-state index in [2.05, 4.69) is 12.0 Å². The molecule has 120 valence electrons. The maximum Gasteiger partial charge on any atom is 0.0685 e. The summed E-state index contributed by atoms with van der Waals surface area (Å²) < 4.78 is 0. The van der Waals surface area contributed by atoms with Crippen molar-refractivity contribution >= 4 is 0 Å². The molecule has 1 saturated heterocycles. The van der Waals surface area contributed by atoms with Gasteiger partial charge < -0.3 is 0 Å². The van der Waals surface area contributed by atoms with E-state index < -0.39 is 0 Å². The molecule has 0 aromatic carbocycles. The fourth-order valence-corrected chi connectivity index (χ4v) is 2.95. The van der Waals surface area contributed by atoms with E-state index in [-0.39, 0.29) is 0 Å². The second-order valence-electron chi connectivity index (χ2n) is 6.36. The van der Waals surface area contributed by atoms with E-state index in [4.69, 9.17) is 4.84 Å². The van der Waals surface area contributed by atoms with Crippen LogP contribution in [0.25, 0.3) is 0 Å². The van der Waals surface area contributed by atoms with Crippen molar-refractivity contribution in [3.63, 3.8) is 0 Å². The first-order valence-corrected chi connectivity index (χ1v) is 9.31. The van der Waals surface area contributed by atoms with Crippen LogP contribution in [-0.2, 0) is 4.84 Å². The third-order valence-electron chi connectivity index (χ3n) is 4.34. The number of hydrogen-bond acceptors (Lipinski definition) is 2. The zero-order chi connectivity index (χ0) is 14.3. The van der Waals surface area contributed by atoms with Crippen LogP contribution in [0, 0.1) is 0 Å². The van der Waals surface area contributed by atoms with Crippen LogP contribution in [0.1, 0.15) is 96.8 Å². The Morgan fingerprint density at radius 3 is 1.60 bits per heavy atom. The fourth-order valence-electron chi connectivity index (χ4n) is 2.95. The summed E-state index contributed by atoms with van der Waals surface area (Å²) in [5.74, 6) is 0. The van der Waals surface area contributed by atoms with Gasteiger partial charge in [-0.05, 0) is 19.3 Å². The zero-order valence-corrected chi connectivity index (χ0v) is 13.9. The van der Waals surface area contributed by atoms with Crippen molar-refractivity contribution < 1.29 is 4.84 Å². The summed E-state index contributed by atoms with van der Waals surface area (Å²) in [6, 6.07) is 0. The second kappa shape index (κ2) is 13.9. The summed E-state index contributed by atoms with van der Waals surface area (Å²) >= 11 is 0. The van der Waals surface area contributed by atoms with Gasteiger partial charge in [-0.3, -0.25) is 4.84 Å². The van der Waals surface area contributed by atoms with Crippen LogP contribution in [0.4, 0.5) is 0 Å². The molecular weight excluding hydrogens is 246 g/mol. The normalized spacial score (nSPS) is 16.1. The number of hydrogen-bond donors (Lipinski definition) is 0. The predicted molar refractivity (Wildman–Crippen MR) is 87.8 cm³/mol. The lowest BCUT2D eigenvalue weighted by atomic mass is 10.1. The highest BCUT2D eigenvalue weighted by molar-refractivity contribution is 4.57. The topological polar surface area (TPSA) is 12.5 Å². The molecule has 2 heteroatoms. The lowest BCUT2D eigenvalue weighted by Crippen LogP contribution is -2.20. The second-order valence-corrected chi connectivity index (χ2v) is 6.36. The lowest BCUT2D eigenvalue weighted by Gasteiger charge is -2.14. The molecule has 0 aliphatic carbocycles. The van der Waals surface area contributed by atoms with E-state index in [1.54, 1.807) is 0 Å². The first-order valence-electron chi connectivity index (χ1n) is 9.31. The van der Waals surface area contributed by atoms with Gasteiger partial charge in [-0.25, -0.2) is 0 Å². The Kier molecular flexibility index (Phi) is 12.5. The van der Waals surface area contributed by atoms with E-state index in [1.807, 2.05) is 0 Å². The van der Waals surface area contributed by atoms with Crippen molar-refractivity contribution in [3.05, 3.63) is 0 Å². The van der Waals surface area contributed by atoms with E-state index in [1.165, 1.54) is 89.9 Å². The van der Waals surface area contributed by atoms with Gasteiger partial charge in [0.15, 0.2) is 0 Å². The maximum absolute atomic E-state index is 5.73. The summed E-state index contributed by atoms with van der Waals surface area (Å²) in [5.41, 5.74) is 0. The van der Waals surface area contributed by atoms with Gasteiger partial charge in [0.05, 0.1) is 6.61 Å². The van der Waals surface area contributed by atoms with Gasteiger partial charge in [0.2, 0.25) is 0 Å². The quantitative estimate of drug-likeness (QED) is 0.378. The van der Waals surface area contributed by atoms with E-state index in [0.29, 0.717) is 0 Å². The Morgan fingerprint density at radius 2 is 1.10 bits per heavy atom. The third kappa shape index (κ3) is 10.7. The first-order chi connectivity index (χ1) is 9.93. The van der Waals surface area contributed by atoms with E-state index >= 15 is 0 Å². The Hall–Kier alpha value is -0.0800. The molecule has 0 saturated carbocycles. The molecule has 1 fully saturated rings. The van der Waals surface area contributed by atoms with Crippen LogP contribution in [0.3, 0.4) is 0 Å². The minimum absolute atomic E-state index is 0.942. The Labute approximate surface area is 127 Å². The van der Waals surface area contributed by atoms with Gasteiger partial charge in [0.25, 0.3) is 0 Å². The summed E-state index contributed by atoms with van der Waals surface area (Å²) in [6.45, 7) is 5.53. The molecule has 0 aromatic rings. The predicted octanol–water partition coefficient (Wildman–Crippen LogP) is 5.71. The van der Waals surface area contributed by atoms with Gasteiger partial charge >= 0.3 is 0 Å². The number of nitrogens with zero attached hydrogens (tertiary/aromatic N) is 1. The highest BCUT2D eigenvalue weighted by Gasteiger charge is 2.10. The number of unbranched alkanes of at least 4 members (excludes halogenated alkanes) is 11. The number of hydroxylamine groups is 2. The summed E-state index contributed by atoms with van der Waals surface area (Å²) in [7, 11) is 0. The molecule has 2 nitrogen and oxygen atoms in total. The van der Waals surface area contributed by atoms with Gasteiger partial charge in [0.1, 0.15) is 0 Å². The van der Waals surface area contributed by atoms with Crippen LogP contribution >= 0.6 is 0 Å². The van der Waals surface area contributed by atoms with Crippen molar-refractivity contribution in [3.8, 4) is 0 Å². The largest absolute Gasteiger partial charge is 0.299 e. The minimum atomic E-state index is 0.942. The smallest absolute Gasteiger partial charge is 0.0685 e. The lowest BCUT2D eigenvalue weighted by molar-refractivity contribution is -0.143. The van der Waals surface area contributed by atoms with Gasteiger partial charge in [-0.15, -0.1) is 0 Å². The molecule has 0 radical (unpaired) electrons. The molecule has 0 aromatic heterocycles. The van der Waals surface area contributed by atoms with Crippen molar-refractivity contribution in [2.24, 2.45) is 0 Å². The maximum atomic E-state index is 5.73. The van der Waals surface area contributed by atoms with Crippen LogP contribution in [0.2, 0.25) is 0 Å². The molecule has 0 bridgehead atoms.